The van der Waals surface area contributed by atoms with Crippen molar-refractivity contribution in [1.29, 1.82) is 0 Å². The zero-order chi connectivity index (χ0) is 19.0. The molecule has 7 nitrogen and oxygen atoms in total. The summed E-state index contributed by atoms with van der Waals surface area (Å²) in [7, 11) is 1.33. The smallest absolute Gasteiger partial charge is 0.330 e. The van der Waals surface area contributed by atoms with Crippen LogP contribution in [0.3, 0.4) is 0 Å². The molecule has 0 amide bonds. The van der Waals surface area contributed by atoms with Crippen molar-refractivity contribution in [2.45, 2.75) is 24.9 Å². The number of nitrogens with zero attached hydrogens (tertiary/aromatic N) is 1. The first-order chi connectivity index (χ1) is 12.5. The first-order valence-electron chi connectivity index (χ1n) is 8.26. The average molecular weight is 358 g/mol. The van der Waals surface area contributed by atoms with Gasteiger partial charge in [-0.25, -0.2) is 4.79 Å². The SMILES string of the molecule is COC(=O)C(CCCO)(NCc1ccc([N+](=O)[O-])cc1)c1ccccc1. The van der Waals surface area contributed by atoms with Crippen molar-refractivity contribution in [3.05, 3.63) is 75.8 Å². The van der Waals surface area contributed by atoms with Crippen LogP contribution < -0.4 is 5.32 Å². The number of nitro groups is 1. The molecule has 0 radical (unpaired) electrons. The van der Waals surface area contributed by atoms with Gasteiger partial charge in [0, 0.05) is 25.3 Å². The minimum atomic E-state index is -1.11. The summed E-state index contributed by atoms with van der Waals surface area (Å²) in [4.78, 5) is 23.0. The Bertz CT molecular complexity index is 733. The van der Waals surface area contributed by atoms with E-state index in [-0.39, 0.29) is 12.3 Å². The van der Waals surface area contributed by atoms with E-state index < -0.39 is 16.4 Å². The molecule has 0 saturated carbocycles. The van der Waals surface area contributed by atoms with Crippen LogP contribution >= 0.6 is 0 Å². The number of non-ortho nitro benzene ring substituents is 1. The molecule has 0 heterocycles. The average Bonchev–Trinajstić information content (AvgIpc) is 2.69. The lowest BCUT2D eigenvalue weighted by Crippen LogP contribution is -2.49. The van der Waals surface area contributed by atoms with Gasteiger partial charge >= 0.3 is 5.97 Å². The van der Waals surface area contributed by atoms with Crippen molar-refractivity contribution in [3.63, 3.8) is 0 Å². The first kappa shape index (κ1) is 19.6. The third-order valence-corrected chi connectivity index (χ3v) is 4.25. The molecule has 0 spiro atoms. The standard InChI is InChI=1S/C19H22N2O5/c1-26-18(23)19(12-5-13-22,16-6-3-2-4-7-16)20-14-15-8-10-17(11-9-15)21(24)25/h2-4,6-11,20,22H,5,12-14H2,1H3. The Morgan fingerprint density at radius 2 is 1.85 bits per heavy atom. The minimum absolute atomic E-state index is 0.0105. The van der Waals surface area contributed by atoms with Crippen LogP contribution in [0.2, 0.25) is 0 Å². The molecule has 26 heavy (non-hydrogen) atoms. The molecule has 138 valence electrons. The van der Waals surface area contributed by atoms with E-state index in [0.717, 1.165) is 11.1 Å². The van der Waals surface area contributed by atoms with Gasteiger partial charge in [-0.05, 0) is 24.0 Å². The second-order valence-corrected chi connectivity index (χ2v) is 5.87. The Morgan fingerprint density at radius 1 is 1.19 bits per heavy atom. The topological polar surface area (TPSA) is 102 Å². The van der Waals surface area contributed by atoms with Gasteiger partial charge in [0.1, 0.15) is 5.54 Å². The molecular weight excluding hydrogens is 336 g/mol. The molecule has 2 aromatic rings. The lowest BCUT2D eigenvalue weighted by Gasteiger charge is -2.33. The highest BCUT2D eigenvalue weighted by Crippen LogP contribution is 2.29. The fraction of sp³-hybridized carbons (Fsp3) is 0.316. The maximum Gasteiger partial charge on any atom is 0.330 e. The molecule has 0 aliphatic carbocycles. The molecule has 0 bridgehead atoms. The molecule has 1 atom stereocenters. The Kier molecular flexibility index (Phi) is 6.82. The van der Waals surface area contributed by atoms with Crippen molar-refractivity contribution < 1.29 is 19.6 Å². The molecule has 7 heteroatoms. The van der Waals surface area contributed by atoms with Crippen LogP contribution in [0.5, 0.6) is 0 Å². The fourth-order valence-corrected chi connectivity index (χ4v) is 2.86. The zero-order valence-electron chi connectivity index (χ0n) is 14.6. The number of rotatable bonds is 9. The van der Waals surface area contributed by atoms with E-state index >= 15 is 0 Å². The number of aliphatic hydroxyl groups excluding tert-OH is 1. The van der Waals surface area contributed by atoms with Gasteiger partial charge in [-0.3, -0.25) is 15.4 Å². The van der Waals surface area contributed by atoms with Crippen LogP contribution in [0.1, 0.15) is 24.0 Å². The van der Waals surface area contributed by atoms with E-state index in [1.54, 1.807) is 12.1 Å². The van der Waals surface area contributed by atoms with E-state index in [1.165, 1.54) is 19.2 Å². The number of nitrogens with one attached hydrogen (secondary N) is 1. The molecule has 0 saturated heterocycles. The number of carbonyl (C=O) groups is 1. The summed E-state index contributed by atoms with van der Waals surface area (Å²) in [6.45, 7) is 0.262. The minimum Gasteiger partial charge on any atom is -0.467 e. The number of ether oxygens (including phenoxy) is 1. The largest absolute Gasteiger partial charge is 0.467 e. The Hall–Kier alpha value is -2.77. The van der Waals surface area contributed by atoms with Gasteiger partial charge in [0.05, 0.1) is 12.0 Å². The number of aliphatic hydroxyl groups is 1. The molecule has 2 aromatic carbocycles. The molecule has 0 aliphatic rings. The maximum atomic E-state index is 12.6. The van der Waals surface area contributed by atoms with Crippen LogP contribution in [0.4, 0.5) is 5.69 Å². The van der Waals surface area contributed by atoms with Crippen LogP contribution in [-0.4, -0.2) is 29.7 Å². The maximum absolute atomic E-state index is 12.6. The molecule has 0 aromatic heterocycles. The van der Waals surface area contributed by atoms with E-state index in [2.05, 4.69) is 5.32 Å². The monoisotopic (exact) mass is 358 g/mol. The number of methoxy groups -OCH3 is 1. The van der Waals surface area contributed by atoms with E-state index in [4.69, 9.17) is 4.74 Å². The van der Waals surface area contributed by atoms with Crippen molar-refractivity contribution in [1.82, 2.24) is 5.32 Å². The third-order valence-electron chi connectivity index (χ3n) is 4.25. The predicted molar refractivity (Wildman–Crippen MR) is 96.4 cm³/mol. The predicted octanol–water partition coefficient (Wildman–Crippen LogP) is 2.53. The van der Waals surface area contributed by atoms with Crippen LogP contribution in [0, 0.1) is 10.1 Å². The van der Waals surface area contributed by atoms with E-state index in [9.17, 15) is 20.0 Å². The fourth-order valence-electron chi connectivity index (χ4n) is 2.86. The van der Waals surface area contributed by atoms with E-state index in [0.29, 0.717) is 19.4 Å². The van der Waals surface area contributed by atoms with E-state index in [1.807, 2.05) is 30.3 Å². The highest BCUT2D eigenvalue weighted by atomic mass is 16.6. The number of carbonyl (C=O) groups excluding carboxylic acids is 1. The molecule has 0 aliphatic heterocycles. The third kappa shape index (κ3) is 4.44. The van der Waals surface area contributed by atoms with Crippen LogP contribution in [0.15, 0.2) is 54.6 Å². The summed E-state index contributed by atoms with van der Waals surface area (Å²) in [5.74, 6) is -0.445. The Balaban J connectivity index is 2.30. The number of nitro benzene ring substituents is 1. The number of hydrogen-bond donors (Lipinski definition) is 2. The van der Waals surface area contributed by atoms with Gasteiger partial charge in [-0.2, -0.15) is 0 Å². The zero-order valence-corrected chi connectivity index (χ0v) is 14.6. The molecule has 2 N–H and O–H groups in total. The molecule has 2 rings (SSSR count). The highest BCUT2D eigenvalue weighted by Gasteiger charge is 2.40. The lowest BCUT2D eigenvalue weighted by molar-refractivity contribution is -0.384. The molecular formula is C19H22N2O5. The van der Waals surface area contributed by atoms with Crippen molar-refractivity contribution in [2.24, 2.45) is 0 Å². The summed E-state index contributed by atoms with van der Waals surface area (Å²) >= 11 is 0. The highest BCUT2D eigenvalue weighted by molar-refractivity contribution is 5.82. The summed E-state index contributed by atoms with van der Waals surface area (Å²) in [5, 5.41) is 23.3. The van der Waals surface area contributed by atoms with Gasteiger partial charge in [0.25, 0.3) is 5.69 Å². The molecule has 0 fully saturated rings. The van der Waals surface area contributed by atoms with Crippen molar-refractivity contribution in [3.8, 4) is 0 Å². The lowest BCUT2D eigenvalue weighted by atomic mass is 9.85. The first-order valence-corrected chi connectivity index (χ1v) is 8.26. The number of benzene rings is 2. The summed E-state index contributed by atoms with van der Waals surface area (Å²) in [6, 6.07) is 15.3. The quantitative estimate of drug-likeness (QED) is 0.406. The molecule has 1 unspecified atom stereocenters. The normalized spacial score (nSPS) is 13.0. The number of esters is 1. The number of hydrogen-bond acceptors (Lipinski definition) is 6. The second-order valence-electron chi connectivity index (χ2n) is 5.87. The second kappa shape index (κ2) is 9.07. The van der Waals surface area contributed by atoms with Crippen molar-refractivity contribution in [2.75, 3.05) is 13.7 Å². The van der Waals surface area contributed by atoms with Gasteiger partial charge in [0.2, 0.25) is 0 Å². The van der Waals surface area contributed by atoms with Crippen molar-refractivity contribution >= 4 is 11.7 Å². The van der Waals surface area contributed by atoms with Gasteiger partial charge in [-0.15, -0.1) is 0 Å². The summed E-state index contributed by atoms with van der Waals surface area (Å²) in [5.41, 5.74) is 0.433. The van der Waals surface area contributed by atoms with Crippen LogP contribution in [0.25, 0.3) is 0 Å². The van der Waals surface area contributed by atoms with Gasteiger partial charge in [0.15, 0.2) is 0 Å². The van der Waals surface area contributed by atoms with Gasteiger partial charge < -0.3 is 9.84 Å². The Labute approximate surface area is 151 Å². The van der Waals surface area contributed by atoms with Crippen LogP contribution in [-0.2, 0) is 21.6 Å². The van der Waals surface area contributed by atoms with Gasteiger partial charge in [-0.1, -0.05) is 42.5 Å². The Morgan fingerprint density at radius 3 is 2.38 bits per heavy atom. The summed E-state index contributed by atoms with van der Waals surface area (Å²) < 4.78 is 5.03. The summed E-state index contributed by atoms with van der Waals surface area (Å²) in [6.07, 6.45) is 0.768.